The zero-order chi connectivity index (χ0) is 22.0. The molecule has 2 heterocycles. The first-order valence-electron chi connectivity index (χ1n) is 10.5. The fourth-order valence-corrected chi connectivity index (χ4v) is 3.65. The standard InChI is InChI=1S/C25H28N2O4/c1-25(2,3)31-24(28)27-13-12-19(16-27)30-23-15-21(17-8-6-5-7-9-17)26-22-14-18(29-4)10-11-20(22)23/h5-11,14-15,19H,12-13,16H2,1-4H3/t19-/m1/s1. The summed E-state index contributed by atoms with van der Waals surface area (Å²) in [5, 5.41) is 0.913. The number of aromatic nitrogens is 1. The summed E-state index contributed by atoms with van der Waals surface area (Å²) in [7, 11) is 1.64. The van der Waals surface area contributed by atoms with Crippen molar-refractivity contribution >= 4 is 17.0 Å². The highest BCUT2D eigenvalue weighted by Crippen LogP contribution is 2.33. The van der Waals surface area contributed by atoms with Gasteiger partial charge >= 0.3 is 6.09 Å². The van der Waals surface area contributed by atoms with Gasteiger partial charge in [-0.05, 0) is 32.9 Å². The molecule has 0 unspecified atom stereocenters. The highest BCUT2D eigenvalue weighted by atomic mass is 16.6. The van der Waals surface area contributed by atoms with E-state index in [2.05, 4.69) is 0 Å². The lowest BCUT2D eigenvalue weighted by Crippen LogP contribution is -2.36. The number of rotatable bonds is 4. The van der Waals surface area contributed by atoms with Gasteiger partial charge in [0.1, 0.15) is 23.2 Å². The van der Waals surface area contributed by atoms with E-state index in [4.69, 9.17) is 19.2 Å². The van der Waals surface area contributed by atoms with Crippen molar-refractivity contribution in [1.29, 1.82) is 0 Å². The van der Waals surface area contributed by atoms with Crippen LogP contribution in [0.25, 0.3) is 22.2 Å². The molecule has 0 radical (unpaired) electrons. The molecule has 3 aromatic rings. The Morgan fingerprint density at radius 3 is 2.58 bits per heavy atom. The molecule has 0 aliphatic carbocycles. The van der Waals surface area contributed by atoms with E-state index in [-0.39, 0.29) is 12.2 Å². The van der Waals surface area contributed by atoms with Crippen LogP contribution in [0.15, 0.2) is 54.6 Å². The number of hydrogen-bond acceptors (Lipinski definition) is 5. The maximum Gasteiger partial charge on any atom is 0.410 e. The molecule has 1 fully saturated rings. The van der Waals surface area contributed by atoms with Crippen molar-refractivity contribution in [3.63, 3.8) is 0 Å². The van der Waals surface area contributed by atoms with Crippen LogP contribution in [0.1, 0.15) is 27.2 Å². The number of methoxy groups -OCH3 is 1. The van der Waals surface area contributed by atoms with Crippen LogP contribution in [-0.2, 0) is 4.74 Å². The summed E-state index contributed by atoms with van der Waals surface area (Å²) in [6, 6.07) is 17.8. The highest BCUT2D eigenvalue weighted by molar-refractivity contribution is 5.89. The van der Waals surface area contributed by atoms with Crippen LogP contribution in [0.4, 0.5) is 4.79 Å². The van der Waals surface area contributed by atoms with Crippen LogP contribution in [0.3, 0.4) is 0 Å². The number of benzene rings is 2. The largest absolute Gasteiger partial charge is 0.497 e. The van der Waals surface area contributed by atoms with Gasteiger partial charge in [0, 0.05) is 36.0 Å². The van der Waals surface area contributed by atoms with Gasteiger partial charge in [0.25, 0.3) is 0 Å². The van der Waals surface area contributed by atoms with E-state index in [9.17, 15) is 4.79 Å². The topological polar surface area (TPSA) is 60.9 Å². The first-order valence-corrected chi connectivity index (χ1v) is 10.5. The molecule has 1 saturated heterocycles. The van der Waals surface area contributed by atoms with Crippen LogP contribution < -0.4 is 9.47 Å². The average Bonchev–Trinajstić information content (AvgIpc) is 3.21. The molecule has 1 amide bonds. The molecule has 2 aromatic carbocycles. The van der Waals surface area contributed by atoms with E-state index in [0.29, 0.717) is 13.1 Å². The first-order chi connectivity index (χ1) is 14.8. The minimum absolute atomic E-state index is 0.108. The molecule has 6 heteroatoms. The molecule has 0 bridgehead atoms. The zero-order valence-corrected chi connectivity index (χ0v) is 18.4. The summed E-state index contributed by atoms with van der Waals surface area (Å²) >= 11 is 0. The van der Waals surface area contributed by atoms with E-state index < -0.39 is 5.60 Å². The number of pyridine rings is 1. The third-order valence-corrected chi connectivity index (χ3v) is 5.14. The van der Waals surface area contributed by atoms with Crippen LogP contribution in [0.2, 0.25) is 0 Å². The number of carbonyl (C=O) groups is 1. The van der Waals surface area contributed by atoms with Gasteiger partial charge in [-0.3, -0.25) is 0 Å². The molecule has 1 aliphatic rings. The third-order valence-electron chi connectivity index (χ3n) is 5.14. The summed E-state index contributed by atoms with van der Waals surface area (Å²) in [4.78, 5) is 18.9. The van der Waals surface area contributed by atoms with E-state index in [1.165, 1.54) is 0 Å². The Bertz CT molecular complexity index is 1080. The van der Waals surface area contributed by atoms with Crippen molar-refractivity contribution in [1.82, 2.24) is 9.88 Å². The van der Waals surface area contributed by atoms with Crippen molar-refractivity contribution in [2.45, 2.75) is 38.9 Å². The van der Waals surface area contributed by atoms with E-state index in [1.54, 1.807) is 12.0 Å². The minimum atomic E-state index is -0.513. The van der Waals surface area contributed by atoms with Crippen LogP contribution in [0, 0.1) is 0 Å². The van der Waals surface area contributed by atoms with Crippen molar-refractivity contribution in [2.24, 2.45) is 0 Å². The van der Waals surface area contributed by atoms with Gasteiger partial charge in [-0.25, -0.2) is 9.78 Å². The predicted octanol–water partition coefficient (Wildman–Crippen LogP) is 5.30. The van der Waals surface area contributed by atoms with E-state index >= 15 is 0 Å². The second-order valence-electron chi connectivity index (χ2n) is 8.71. The first kappa shape index (κ1) is 21.0. The summed E-state index contributed by atoms with van der Waals surface area (Å²) in [6.07, 6.45) is 0.344. The zero-order valence-electron chi connectivity index (χ0n) is 18.4. The molecule has 1 atom stereocenters. The van der Waals surface area contributed by atoms with Crippen molar-refractivity contribution in [3.8, 4) is 22.8 Å². The Hall–Kier alpha value is -3.28. The number of fused-ring (bicyclic) bond motifs is 1. The van der Waals surface area contributed by atoms with Crippen LogP contribution >= 0.6 is 0 Å². The molecule has 31 heavy (non-hydrogen) atoms. The maximum atomic E-state index is 12.4. The summed E-state index contributed by atoms with van der Waals surface area (Å²) in [6.45, 7) is 6.73. The Balaban J connectivity index is 1.62. The van der Waals surface area contributed by atoms with Crippen molar-refractivity contribution < 1.29 is 19.0 Å². The fourth-order valence-electron chi connectivity index (χ4n) is 3.65. The monoisotopic (exact) mass is 420 g/mol. The normalized spacial score (nSPS) is 16.4. The highest BCUT2D eigenvalue weighted by Gasteiger charge is 2.31. The Kier molecular flexibility index (Phi) is 5.72. The van der Waals surface area contributed by atoms with Gasteiger partial charge in [0.15, 0.2) is 0 Å². The molecule has 0 N–H and O–H groups in total. The Morgan fingerprint density at radius 1 is 1.10 bits per heavy atom. The lowest BCUT2D eigenvalue weighted by Gasteiger charge is -2.24. The van der Waals surface area contributed by atoms with Crippen LogP contribution in [0.5, 0.6) is 11.5 Å². The summed E-state index contributed by atoms with van der Waals surface area (Å²) in [5.41, 5.74) is 2.14. The molecule has 162 valence electrons. The summed E-state index contributed by atoms with van der Waals surface area (Å²) in [5.74, 6) is 1.50. The van der Waals surface area contributed by atoms with E-state index in [0.717, 1.165) is 40.1 Å². The maximum absolute atomic E-state index is 12.4. The van der Waals surface area contributed by atoms with Crippen molar-refractivity contribution in [3.05, 3.63) is 54.6 Å². The average molecular weight is 421 g/mol. The molecule has 1 aromatic heterocycles. The quantitative estimate of drug-likeness (QED) is 0.573. The predicted molar refractivity (Wildman–Crippen MR) is 121 cm³/mol. The SMILES string of the molecule is COc1ccc2c(O[C@@H]3CCN(C(=O)OC(C)(C)C)C3)cc(-c3ccccc3)nc2c1. The minimum Gasteiger partial charge on any atom is -0.497 e. The molecule has 0 saturated carbocycles. The lowest BCUT2D eigenvalue weighted by molar-refractivity contribution is 0.0276. The Morgan fingerprint density at radius 2 is 1.87 bits per heavy atom. The van der Waals surface area contributed by atoms with Gasteiger partial charge in [0.05, 0.1) is 24.9 Å². The lowest BCUT2D eigenvalue weighted by atomic mass is 10.1. The van der Waals surface area contributed by atoms with E-state index in [1.807, 2.05) is 75.4 Å². The number of nitrogens with zero attached hydrogens (tertiary/aromatic N) is 2. The summed E-state index contributed by atoms with van der Waals surface area (Å²) < 4.78 is 17.3. The number of hydrogen-bond donors (Lipinski definition) is 0. The number of amides is 1. The number of carbonyl (C=O) groups excluding carboxylic acids is 1. The second kappa shape index (κ2) is 8.46. The Labute approximate surface area is 182 Å². The number of likely N-dealkylation sites (tertiary alicyclic amines) is 1. The van der Waals surface area contributed by atoms with Gasteiger partial charge in [-0.2, -0.15) is 0 Å². The molecule has 4 rings (SSSR count). The van der Waals surface area contributed by atoms with Crippen molar-refractivity contribution in [2.75, 3.05) is 20.2 Å². The molecule has 6 nitrogen and oxygen atoms in total. The number of ether oxygens (including phenoxy) is 3. The molecule has 1 aliphatic heterocycles. The van der Waals surface area contributed by atoms with Gasteiger partial charge in [-0.1, -0.05) is 30.3 Å². The van der Waals surface area contributed by atoms with Crippen LogP contribution in [-0.4, -0.2) is 47.9 Å². The van der Waals surface area contributed by atoms with Gasteiger partial charge in [-0.15, -0.1) is 0 Å². The smallest absolute Gasteiger partial charge is 0.410 e. The fraction of sp³-hybridized carbons (Fsp3) is 0.360. The van der Waals surface area contributed by atoms with Gasteiger partial charge in [0.2, 0.25) is 0 Å². The molecular formula is C25H28N2O4. The third kappa shape index (κ3) is 4.90. The second-order valence-corrected chi connectivity index (χ2v) is 8.71. The molecule has 0 spiro atoms. The molecular weight excluding hydrogens is 392 g/mol. The van der Waals surface area contributed by atoms with Gasteiger partial charge < -0.3 is 19.1 Å².